The standard InChI is InChI=1S/C4H11NO3.ClH/c5-4(1-6,2-7)3-8;/h6-8H,1-3,5H2;1H/p-1. The number of halogens is 1. The summed E-state index contributed by atoms with van der Waals surface area (Å²) in [6, 6.07) is 0. The van der Waals surface area contributed by atoms with E-state index in [1.165, 1.54) is 0 Å². The molecule has 58 valence electrons. The van der Waals surface area contributed by atoms with Crippen LogP contribution in [0.1, 0.15) is 0 Å². The van der Waals surface area contributed by atoms with Crippen LogP contribution in [0.3, 0.4) is 0 Å². The van der Waals surface area contributed by atoms with Gasteiger partial charge in [-0.05, 0) is 0 Å². The lowest BCUT2D eigenvalue weighted by Gasteiger charge is -2.20. The first kappa shape index (κ1) is 11.9. The van der Waals surface area contributed by atoms with Crippen LogP contribution in [-0.2, 0) is 0 Å². The molecule has 0 aromatic carbocycles. The van der Waals surface area contributed by atoms with Crippen LogP contribution in [-0.4, -0.2) is 40.7 Å². The fraction of sp³-hybridized carbons (Fsp3) is 1.00. The molecule has 5 heteroatoms. The molecule has 0 radical (unpaired) electrons. The number of aliphatic hydroxyl groups excluding tert-OH is 3. The largest absolute Gasteiger partial charge is 1.00 e. The first-order valence-corrected chi connectivity index (χ1v) is 2.30. The highest BCUT2D eigenvalue weighted by atomic mass is 35.5. The molecule has 0 aromatic rings. The first-order chi connectivity index (χ1) is 3.68. The fourth-order valence-electron chi connectivity index (χ4n) is 0.150. The zero-order valence-electron chi connectivity index (χ0n) is 4.92. The quantitative estimate of drug-likeness (QED) is 0.329. The summed E-state index contributed by atoms with van der Waals surface area (Å²) < 4.78 is 0. The maximum atomic E-state index is 8.34. The van der Waals surface area contributed by atoms with Gasteiger partial charge < -0.3 is 33.5 Å². The van der Waals surface area contributed by atoms with Crippen molar-refractivity contribution in [3.8, 4) is 0 Å². The van der Waals surface area contributed by atoms with Gasteiger partial charge in [-0.3, -0.25) is 0 Å². The molecule has 0 fully saturated rings. The van der Waals surface area contributed by atoms with Crippen LogP contribution in [0.25, 0.3) is 0 Å². The van der Waals surface area contributed by atoms with E-state index in [-0.39, 0.29) is 12.4 Å². The third kappa shape index (κ3) is 3.66. The van der Waals surface area contributed by atoms with Crippen LogP contribution in [0.5, 0.6) is 0 Å². The lowest BCUT2D eigenvalue weighted by Crippen LogP contribution is -3.00. The number of aliphatic hydroxyl groups is 3. The molecule has 0 aromatic heterocycles. The Labute approximate surface area is 59.7 Å². The minimum atomic E-state index is -1.21. The average Bonchev–Trinajstić information content (AvgIpc) is 1.87. The molecule has 9 heavy (non-hydrogen) atoms. The molecule has 0 aliphatic rings. The van der Waals surface area contributed by atoms with E-state index in [0.29, 0.717) is 0 Å². The Kier molecular flexibility index (Phi) is 6.54. The van der Waals surface area contributed by atoms with Crippen LogP contribution < -0.4 is 18.1 Å². The number of hydrogen-bond acceptors (Lipinski definition) is 4. The van der Waals surface area contributed by atoms with Gasteiger partial charge in [0.15, 0.2) is 0 Å². The molecular weight excluding hydrogens is 146 g/mol. The van der Waals surface area contributed by atoms with Crippen LogP contribution in [0.4, 0.5) is 0 Å². The van der Waals surface area contributed by atoms with E-state index in [9.17, 15) is 0 Å². The molecule has 0 amide bonds. The third-order valence-electron chi connectivity index (χ3n) is 0.945. The normalized spacial score (nSPS) is 10.7. The predicted molar refractivity (Wildman–Crippen MR) is 28.2 cm³/mol. The lowest BCUT2D eigenvalue weighted by molar-refractivity contribution is -0.00000690. The molecule has 0 atom stereocenters. The fourth-order valence-corrected chi connectivity index (χ4v) is 0.150. The number of nitrogens with two attached hydrogens (primary N) is 1. The van der Waals surface area contributed by atoms with Crippen molar-refractivity contribution in [3.63, 3.8) is 0 Å². The second kappa shape index (κ2) is 4.96. The highest BCUT2D eigenvalue weighted by Crippen LogP contribution is 1.93. The third-order valence-corrected chi connectivity index (χ3v) is 0.945. The topological polar surface area (TPSA) is 86.7 Å². The molecule has 0 bridgehead atoms. The highest BCUT2D eigenvalue weighted by Gasteiger charge is 2.20. The van der Waals surface area contributed by atoms with Crippen LogP contribution in [0.2, 0.25) is 0 Å². The second-order valence-electron chi connectivity index (χ2n) is 1.84. The van der Waals surface area contributed by atoms with E-state index in [1.54, 1.807) is 0 Å². The van der Waals surface area contributed by atoms with E-state index in [4.69, 9.17) is 21.1 Å². The number of hydrogen-bond donors (Lipinski definition) is 4. The van der Waals surface area contributed by atoms with Gasteiger partial charge in [0, 0.05) is 0 Å². The Hall–Kier alpha value is 0.130. The van der Waals surface area contributed by atoms with Crippen molar-refractivity contribution in [1.82, 2.24) is 0 Å². The molecule has 0 unspecified atom stereocenters. The summed E-state index contributed by atoms with van der Waals surface area (Å²) in [5.74, 6) is 0. The molecule has 0 aliphatic carbocycles. The second-order valence-corrected chi connectivity index (χ2v) is 1.84. The van der Waals surface area contributed by atoms with Crippen LogP contribution in [0.15, 0.2) is 0 Å². The minimum Gasteiger partial charge on any atom is -1.00 e. The smallest absolute Gasteiger partial charge is 0.0856 e. The molecule has 5 N–H and O–H groups in total. The summed E-state index contributed by atoms with van der Waals surface area (Å²) in [5.41, 5.74) is 3.94. The summed E-state index contributed by atoms with van der Waals surface area (Å²) >= 11 is 0. The Morgan fingerprint density at radius 2 is 1.22 bits per heavy atom. The molecule has 0 saturated carbocycles. The van der Waals surface area contributed by atoms with Gasteiger partial charge in [0.2, 0.25) is 0 Å². The van der Waals surface area contributed by atoms with Gasteiger partial charge in [0.05, 0.1) is 25.4 Å². The Bertz CT molecular complexity index is 58.6. The Morgan fingerprint density at radius 1 is 1.00 bits per heavy atom. The Morgan fingerprint density at radius 3 is 1.22 bits per heavy atom. The molecule has 0 aliphatic heterocycles. The maximum Gasteiger partial charge on any atom is 0.0856 e. The molecule has 0 rings (SSSR count). The summed E-state index contributed by atoms with van der Waals surface area (Å²) in [6.07, 6.45) is 0. The van der Waals surface area contributed by atoms with Crippen LogP contribution >= 0.6 is 0 Å². The van der Waals surface area contributed by atoms with Crippen molar-refractivity contribution in [2.45, 2.75) is 5.54 Å². The summed E-state index contributed by atoms with van der Waals surface area (Å²) in [5, 5.41) is 25.0. The lowest BCUT2D eigenvalue weighted by atomic mass is 10.1. The molecule has 0 heterocycles. The van der Waals surface area contributed by atoms with E-state index in [2.05, 4.69) is 0 Å². The van der Waals surface area contributed by atoms with Crippen molar-refractivity contribution in [2.75, 3.05) is 19.8 Å². The van der Waals surface area contributed by atoms with Gasteiger partial charge in [-0.2, -0.15) is 0 Å². The summed E-state index contributed by atoms with van der Waals surface area (Å²) in [6.45, 7) is -1.21. The summed E-state index contributed by atoms with van der Waals surface area (Å²) in [4.78, 5) is 0. The minimum absolute atomic E-state index is 0. The van der Waals surface area contributed by atoms with Crippen molar-refractivity contribution in [1.29, 1.82) is 0 Å². The van der Waals surface area contributed by atoms with E-state index < -0.39 is 25.4 Å². The first-order valence-electron chi connectivity index (χ1n) is 2.30. The monoisotopic (exact) mass is 156 g/mol. The molecular formula is C4H11ClNO3-. The molecule has 0 spiro atoms. The zero-order chi connectivity index (χ0) is 6.62. The number of rotatable bonds is 3. The van der Waals surface area contributed by atoms with Gasteiger partial charge in [-0.25, -0.2) is 0 Å². The van der Waals surface area contributed by atoms with Gasteiger partial charge in [0.1, 0.15) is 0 Å². The van der Waals surface area contributed by atoms with E-state index in [0.717, 1.165) is 0 Å². The van der Waals surface area contributed by atoms with Gasteiger partial charge in [0.25, 0.3) is 0 Å². The van der Waals surface area contributed by atoms with E-state index in [1.807, 2.05) is 0 Å². The van der Waals surface area contributed by atoms with Gasteiger partial charge in [-0.1, -0.05) is 0 Å². The molecule has 0 saturated heterocycles. The molecule has 4 nitrogen and oxygen atoms in total. The van der Waals surface area contributed by atoms with Crippen molar-refractivity contribution in [2.24, 2.45) is 5.73 Å². The van der Waals surface area contributed by atoms with Gasteiger partial charge in [-0.15, -0.1) is 0 Å². The zero-order valence-corrected chi connectivity index (χ0v) is 5.67. The average molecular weight is 157 g/mol. The van der Waals surface area contributed by atoms with Crippen molar-refractivity contribution in [3.05, 3.63) is 0 Å². The van der Waals surface area contributed by atoms with E-state index >= 15 is 0 Å². The Balaban J connectivity index is 0. The SMILES string of the molecule is NC(CO)(CO)CO.[Cl-]. The summed E-state index contributed by atoms with van der Waals surface area (Å²) in [7, 11) is 0. The maximum absolute atomic E-state index is 8.34. The van der Waals surface area contributed by atoms with Crippen LogP contribution in [0, 0.1) is 0 Å². The van der Waals surface area contributed by atoms with Crippen molar-refractivity contribution < 1.29 is 27.7 Å². The highest BCUT2D eigenvalue weighted by molar-refractivity contribution is 4.80. The predicted octanol–water partition coefficient (Wildman–Crippen LogP) is -5.34. The van der Waals surface area contributed by atoms with Crippen molar-refractivity contribution >= 4 is 0 Å². The van der Waals surface area contributed by atoms with Gasteiger partial charge >= 0.3 is 0 Å².